The molecule has 0 amide bonds. The number of hydrogen-bond acceptors (Lipinski definition) is 2. The smallest absolute Gasteiger partial charge is 0.115 e. The monoisotopic (exact) mass is 342 g/mol. The van der Waals surface area contributed by atoms with E-state index < -0.39 is 0 Å². The first kappa shape index (κ1) is 12.9. The molecule has 1 saturated carbocycles. The second-order valence-corrected chi connectivity index (χ2v) is 6.52. The number of nitrogens with zero attached hydrogens (tertiary/aromatic N) is 2. The molecule has 0 unspecified atom stereocenters. The predicted molar refractivity (Wildman–Crippen MR) is 86.6 cm³/mol. The van der Waals surface area contributed by atoms with E-state index in [9.17, 15) is 5.11 Å². The molecule has 1 aliphatic carbocycles. The van der Waals surface area contributed by atoms with Crippen molar-refractivity contribution in [2.45, 2.75) is 25.3 Å². The van der Waals surface area contributed by atoms with Crippen LogP contribution in [-0.2, 0) is 6.42 Å². The zero-order valence-corrected chi connectivity index (χ0v) is 13.0. The molecule has 2 aromatic carbocycles. The Labute approximate surface area is 131 Å². The molecule has 1 aliphatic rings. The largest absolute Gasteiger partial charge is 0.508 e. The van der Waals surface area contributed by atoms with Gasteiger partial charge in [-0.1, -0.05) is 28.1 Å². The number of aromatic hydroxyl groups is 1. The summed E-state index contributed by atoms with van der Waals surface area (Å²) in [4.78, 5) is 4.81. The van der Waals surface area contributed by atoms with Crippen molar-refractivity contribution in [1.29, 1.82) is 0 Å². The van der Waals surface area contributed by atoms with Crippen molar-refractivity contribution < 1.29 is 5.11 Å². The first-order valence-corrected chi connectivity index (χ1v) is 7.94. The summed E-state index contributed by atoms with van der Waals surface area (Å²) in [5, 5.41) is 9.62. The second-order valence-electron chi connectivity index (χ2n) is 5.61. The number of rotatable bonds is 3. The molecule has 3 aromatic rings. The third-order valence-corrected chi connectivity index (χ3v) is 4.40. The number of halogens is 1. The summed E-state index contributed by atoms with van der Waals surface area (Å²) in [6.45, 7) is 0. The highest BCUT2D eigenvalue weighted by Gasteiger charge is 2.28. The lowest BCUT2D eigenvalue weighted by Gasteiger charge is -2.08. The maximum absolute atomic E-state index is 9.62. The Morgan fingerprint density at radius 1 is 1.19 bits per heavy atom. The van der Waals surface area contributed by atoms with Crippen LogP contribution in [0.2, 0.25) is 0 Å². The van der Waals surface area contributed by atoms with Gasteiger partial charge in [0.1, 0.15) is 11.6 Å². The van der Waals surface area contributed by atoms with Crippen molar-refractivity contribution in [3.63, 3.8) is 0 Å². The zero-order chi connectivity index (χ0) is 14.4. The molecule has 0 saturated heterocycles. The molecular weight excluding hydrogens is 328 g/mol. The number of phenolic OH excluding ortho intramolecular Hbond substituents is 1. The third kappa shape index (κ3) is 2.44. The summed E-state index contributed by atoms with van der Waals surface area (Å²) in [7, 11) is 0. The molecule has 4 rings (SSSR count). The van der Waals surface area contributed by atoms with Gasteiger partial charge in [-0.2, -0.15) is 0 Å². The average Bonchev–Trinajstić information content (AvgIpc) is 3.21. The van der Waals surface area contributed by atoms with Crippen LogP contribution in [0.3, 0.4) is 0 Å². The van der Waals surface area contributed by atoms with Crippen molar-refractivity contribution in [1.82, 2.24) is 9.55 Å². The van der Waals surface area contributed by atoms with Crippen LogP contribution >= 0.6 is 15.9 Å². The normalized spacial score (nSPS) is 14.7. The van der Waals surface area contributed by atoms with E-state index in [0.717, 1.165) is 27.8 Å². The van der Waals surface area contributed by atoms with Gasteiger partial charge in [-0.05, 0) is 48.7 Å². The van der Waals surface area contributed by atoms with E-state index in [0.29, 0.717) is 11.8 Å². The molecule has 1 fully saturated rings. The van der Waals surface area contributed by atoms with Gasteiger partial charge in [0.15, 0.2) is 0 Å². The van der Waals surface area contributed by atoms with E-state index in [4.69, 9.17) is 4.98 Å². The lowest BCUT2D eigenvalue weighted by molar-refractivity contribution is 0.474. The summed E-state index contributed by atoms with van der Waals surface area (Å²) in [6.07, 6.45) is 3.21. The van der Waals surface area contributed by atoms with Gasteiger partial charge in [0.05, 0.1) is 11.0 Å². The van der Waals surface area contributed by atoms with Gasteiger partial charge in [0.25, 0.3) is 0 Å². The summed E-state index contributed by atoms with van der Waals surface area (Å²) in [5.41, 5.74) is 3.33. The van der Waals surface area contributed by atoms with Gasteiger partial charge in [-0.25, -0.2) is 4.98 Å². The van der Waals surface area contributed by atoms with E-state index in [1.807, 2.05) is 18.2 Å². The topological polar surface area (TPSA) is 38.1 Å². The van der Waals surface area contributed by atoms with Crippen LogP contribution in [0.1, 0.15) is 30.3 Å². The summed E-state index contributed by atoms with van der Waals surface area (Å²) in [5.74, 6) is 1.39. The molecule has 21 heavy (non-hydrogen) atoms. The first-order chi connectivity index (χ1) is 10.2. The van der Waals surface area contributed by atoms with E-state index in [1.165, 1.54) is 18.4 Å². The zero-order valence-electron chi connectivity index (χ0n) is 11.5. The highest BCUT2D eigenvalue weighted by molar-refractivity contribution is 9.10. The SMILES string of the molecule is Oc1cccc(Cc2nc3cc(Br)ccc3n2C2CC2)c1. The van der Waals surface area contributed by atoms with Crippen molar-refractivity contribution in [3.05, 3.63) is 58.3 Å². The fraction of sp³-hybridized carbons (Fsp3) is 0.235. The fourth-order valence-corrected chi connectivity index (χ4v) is 3.18. The Balaban J connectivity index is 1.82. The van der Waals surface area contributed by atoms with E-state index in [2.05, 4.69) is 38.7 Å². The molecule has 106 valence electrons. The van der Waals surface area contributed by atoms with Crippen LogP contribution in [0, 0.1) is 0 Å². The summed E-state index contributed by atoms with van der Waals surface area (Å²) in [6, 6.07) is 14.3. The molecule has 1 N–H and O–H groups in total. The molecule has 3 nitrogen and oxygen atoms in total. The Morgan fingerprint density at radius 2 is 2.05 bits per heavy atom. The minimum absolute atomic E-state index is 0.310. The summed E-state index contributed by atoms with van der Waals surface area (Å²) >= 11 is 3.51. The molecule has 0 bridgehead atoms. The quantitative estimate of drug-likeness (QED) is 0.764. The summed E-state index contributed by atoms with van der Waals surface area (Å²) < 4.78 is 3.42. The first-order valence-electron chi connectivity index (χ1n) is 7.15. The standard InChI is InChI=1S/C17H15BrN2O/c18-12-4-7-16-15(10-12)19-17(20(16)13-5-6-13)9-11-2-1-3-14(21)8-11/h1-4,7-8,10,13,21H,5-6,9H2. The number of hydrogen-bond donors (Lipinski definition) is 1. The molecule has 1 aromatic heterocycles. The van der Waals surface area contributed by atoms with Crippen LogP contribution in [0.25, 0.3) is 11.0 Å². The van der Waals surface area contributed by atoms with Gasteiger partial charge in [-0.15, -0.1) is 0 Å². The van der Waals surface area contributed by atoms with Gasteiger partial charge < -0.3 is 9.67 Å². The van der Waals surface area contributed by atoms with Crippen molar-refractivity contribution in [2.24, 2.45) is 0 Å². The lowest BCUT2D eigenvalue weighted by Crippen LogP contribution is -2.02. The van der Waals surface area contributed by atoms with Crippen molar-refractivity contribution in [3.8, 4) is 5.75 Å². The van der Waals surface area contributed by atoms with Gasteiger partial charge in [-0.3, -0.25) is 0 Å². The van der Waals surface area contributed by atoms with E-state index >= 15 is 0 Å². The Morgan fingerprint density at radius 3 is 2.81 bits per heavy atom. The Kier molecular flexibility index (Phi) is 3.00. The number of imidazole rings is 1. The lowest BCUT2D eigenvalue weighted by atomic mass is 10.1. The molecule has 0 spiro atoms. The van der Waals surface area contributed by atoms with Crippen LogP contribution in [-0.4, -0.2) is 14.7 Å². The maximum atomic E-state index is 9.62. The molecule has 0 atom stereocenters. The maximum Gasteiger partial charge on any atom is 0.115 e. The van der Waals surface area contributed by atoms with Gasteiger partial charge >= 0.3 is 0 Å². The Hall–Kier alpha value is -1.81. The van der Waals surface area contributed by atoms with Crippen molar-refractivity contribution in [2.75, 3.05) is 0 Å². The average molecular weight is 343 g/mol. The number of phenols is 1. The molecular formula is C17H15BrN2O. The van der Waals surface area contributed by atoms with Gasteiger partial charge in [0, 0.05) is 16.9 Å². The number of benzene rings is 2. The second kappa shape index (κ2) is 4.88. The predicted octanol–water partition coefficient (Wildman–Crippen LogP) is 4.43. The molecule has 0 aliphatic heterocycles. The molecule has 0 radical (unpaired) electrons. The van der Waals surface area contributed by atoms with Crippen LogP contribution in [0.5, 0.6) is 5.75 Å². The van der Waals surface area contributed by atoms with E-state index in [1.54, 1.807) is 6.07 Å². The van der Waals surface area contributed by atoms with E-state index in [-0.39, 0.29) is 0 Å². The van der Waals surface area contributed by atoms with Gasteiger partial charge in [0.2, 0.25) is 0 Å². The molecule has 4 heteroatoms. The minimum atomic E-state index is 0.310. The number of fused-ring (bicyclic) bond motifs is 1. The Bertz CT molecular complexity index is 821. The number of aromatic nitrogens is 2. The highest BCUT2D eigenvalue weighted by atomic mass is 79.9. The highest BCUT2D eigenvalue weighted by Crippen LogP contribution is 2.39. The minimum Gasteiger partial charge on any atom is -0.508 e. The fourth-order valence-electron chi connectivity index (χ4n) is 2.84. The third-order valence-electron chi connectivity index (χ3n) is 3.91. The van der Waals surface area contributed by atoms with Crippen LogP contribution in [0.15, 0.2) is 46.9 Å². The van der Waals surface area contributed by atoms with Crippen LogP contribution in [0.4, 0.5) is 0 Å². The molecule has 1 heterocycles. The van der Waals surface area contributed by atoms with Crippen LogP contribution < -0.4 is 0 Å². The van der Waals surface area contributed by atoms with Crippen molar-refractivity contribution >= 4 is 27.0 Å².